The number of carbonyl (C=O) groups is 1. The predicted molar refractivity (Wildman–Crippen MR) is 105 cm³/mol. The fraction of sp³-hybridized carbons (Fsp3) is 0.100. The van der Waals surface area contributed by atoms with E-state index < -0.39 is 11.6 Å². The molecule has 0 aliphatic rings. The van der Waals surface area contributed by atoms with Crippen LogP contribution in [-0.4, -0.2) is 44.8 Å². The van der Waals surface area contributed by atoms with Gasteiger partial charge in [-0.05, 0) is 6.07 Å². The molecule has 0 aliphatic carbocycles. The van der Waals surface area contributed by atoms with E-state index in [0.29, 0.717) is 27.9 Å². The summed E-state index contributed by atoms with van der Waals surface area (Å²) in [7, 11) is 3.22. The summed E-state index contributed by atoms with van der Waals surface area (Å²) in [5.74, 6) is -2.25. The van der Waals surface area contributed by atoms with Gasteiger partial charge in [0.25, 0.3) is 5.91 Å². The maximum Gasteiger partial charge on any atom is 0.273 e. The molecular weight excluding hydrogens is 400 g/mol. The van der Waals surface area contributed by atoms with E-state index in [1.54, 1.807) is 14.1 Å². The summed E-state index contributed by atoms with van der Waals surface area (Å²) in [5.41, 5.74) is 1.73. The quantitative estimate of drug-likeness (QED) is 0.542. The van der Waals surface area contributed by atoms with Gasteiger partial charge in [0, 0.05) is 48.6 Å². The van der Waals surface area contributed by atoms with Crippen molar-refractivity contribution in [1.82, 2.24) is 24.8 Å². The van der Waals surface area contributed by atoms with Gasteiger partial charge in [-0.2, -0.15) is 0 Å². The number of nitrogens with one attached hydrogen (secondary N) is 1. The third-order valence-electron chi connectivity index (χ3n) is 4.42. The number of rotatable bonds is 3. The smallest absolute Gasteiger partial charge is 0.273 e. The van der Waals surface area contributed by atoms with Crippen LogP contribution in [0.15, 0.2) is 43.0 Å². The van der Waals surface area contributed by atoms with E-state index in [1.165, 1.54) is 41.8 Å². The molecule has 0 radical (unpaired) electrons. The zero-order valence-electron chi connectivity index (χ0n) is 15.4. The van der Waals surface area contributed by atoms with Crippen molar-refractivity contribution in [1.29, 1.82) is 0 Å². The number of H-pyrrole nitrogens is 1. The van der Waals surface area contributed by atoms with E-state index in [4.69, 9.17) is 11.6 Å². The minimum atomic E-state index is -0.978. The van der Waals surface area contributed by atoms with Crippen molar-refractivity contribution in [2.75, 3.05) is 14.1 Å². The number of carbonyl (C=O) groups excluding carboxylic acids is 1. The molecule has 3 aromatic heterocycles. The second-order valence-electron chi connectivity index (χ2n) is 6.50. The molecule has 0 bridgehead atoms. The van der Waals surface area contributed by atoms with Crippen LogP contribution in [0.1, 0.15) is 10.5 Å². The van der Waals surface area contributed by atoms with E-state index in [2.05, 4.69) is 19.9 Å². The summed E-state index contributed by atoms with van der Waals surface area (Å²) in [6.07, 6.45) is 5.81. The van der Waals surface area contributed by atoms with E-state index in [1.807, 2.05) is 0 Å². The molecule has 0 fully saturated rings. The standard InChI is InChI=1S/C20H14ClF2N5O/c1-28(2)20(29)15-9-24-8-14(27-15)12-7-26-19-16(17(12)21)11(6-25-19)10-4-3-5-13(22)18(10)23/h3-9H,1-2H3,(H,25,26). The summed E-state index contributed by atoms with van der Waals surface area (Å²) >= 11 is 6.62. The fourth-order valence-electron chi connectivity index (χ4n) is 2.99. The van der Waals surface area contributed by atoms with E-state index in [-0.39, 0.29) is 22.2 Å². The average molecular weight is 414 g/mol. The highest BCUT2D eigenvalue weighted by atomic mass is 35.5. The summed E-state index contributed by atoms with van der Waals surface area (Å²) < 4.78 is 28.1. The summed E-state index contributed by atoms with van der Waals surface area (Å²) in [4.78, 5) is 29.2. The van der Waals surface area contributed by atoms with Crippen molar-refractivity contribution in [2.24, 2.45) is 0 Å². The van der Waals surface area contributed by atoms with Crippen LogP contribution in [0.5, 0.6) is 0 Å². The first-order chi connectivity index (χ1) is 13.9. The minimum Gasteiger partial charge on any atom is -0.345 e. The van der Waals surface area contributed by atoms with Crippen LogP contribution < -0.4 is 0 Å². The number of aromatic nitrogens is 4. The van der Waals surface area contributed by atoms with Gasteiger partial charge in [0.1, 0.15) is 11.3 Å². The molecule has 1 aromatic carbocycles. The largest absolute Gasteiger partial charge is 0.345 e. The highest BCUT2D eigenvalue weighted by Crippen LogP contribution is 2.39. The molecule has 0 saturated heterocycles. The van der Waals surface area contributed by atoms with Crippen LogP contribution >= 0.6 is 11.6 Å². The van der Waals surface area contributed by atoms with Gasteiger partial charge < -0.3 is 9.88 Å². The second-order valence-corrected chi connectivity index (χ2v) is 6.88. The van der Waals surface area contributed by atoms with E-state index in [9.17, 15) is 13.6 Å². The zero-order valence-corrected chi connectivity index (χ0v) is 16.1. The van der Waals surface area contributed by atoms with Crippen LogP contribution in [-0.2, 0) is 0 Å². The number of halogens is 3. The van der Waals surface area contributed by atoms with Crippen molar-refractivity contribution in [2.45, 2.75) is 0 Å². The number of hydrogen-bond donors (Lipinski definition) is 1. The highest BCUT2D eigenvalue weighted by molar-refractivity contribution is 6.39. The Bertz CT molecular complexity index is 1260. The molecule has 0 spiro atoms. The molecule has 0 atom stereocenters. The Hall–Kier alpha value is -3.39. The Morgan fingerprint density at radius 3 is 2.66 bits per heavy atom. The number of amides is 1. The number of fused-ring (bicyclic) bond motifs is 1. The van der Waals surface area contributed by atoms with Crippen LogP contribution in [0.2, 0.25) is 5.02 Å². The molecule has 6 nitrogen and oxygen atoms in total. The van der Waals surface area contributed by atoms with Gasteiger partial charge in [0.05, 0.1) is 23.1 Å². The molecule has 4 rings (SSSR count). The first-order valence-electron chi connectivity index (χ1n) is 8.52. The lowest BCUT2D eigenvalue weighted by molar-refractivity contribution is 0.0821. The summed E-state index contributed by atoms with van der Waals surface area (Å²) in [6, 6.07) is 3.92. The molecular formula is C20H14ClF2N5O. The van der Waals surface area contributed by atoms with Crippen molar-refractivity contribution in [3.05, 3.63) is 65.3 Å². The molecule has 29 heavy (non-hydrogen) atoms. The van der Waals surface area contributed by atoms with Crippen molar-refractivity contribution in [3.8, 4) is 22.4 Å². The summed E-state index contributed by atoms with van der Waals surface area (Å²) in [6.45, 7) is 0. The maximum atomic E-state index is 14.3. The minimum absolute atomic E-state index is 0.0553. The van der Waals surface area contributed by atoms with Gasteiger partial charge in [-0.3, -0.25) is 9.78 Å². The average Bonchev–Trinajstić information content (AvgIpc) is 3.14. The Labute approximate surface area is 169 Å². The maximum absolute atomic E-state index is 14.3. The van der Waals surface area contributed by atoms with Gasteiger partial charge in [-0.15, -0.1) is 0 Å². The molecule has 0 aliphatic heterocycles. The summed E-state index contributed by atoms with van der Waals surface area (Å²) in [5, 5.41) is 0.651. The lowest BCUT2D eigenvalue weighted by atomic mass is 10.0. The third kappa shape index (κ3) is 3.21. The van der Waals surface area contributed by atoms with Crippen LogP contribution in [0.3, 0.4) is 0 Å². The topological polar surface area (TPSA) is 74.8 Å². The van der Waals surface area contributed by atoms with Crippen molar-refractivity contribution >= 4 is 28.5 Å². The number of aromatic amines is 1. The molecule has 0 saturated carbocycles. The lowest BCUT2D eigenvalue weighted by Gasteiger charge is -2.11. The Kier molecular flexibility index (Phi) is 4.71. The normalized spacial score (nSPS) is 11.1. The van der Waals surface area contributed by atoms with Crippen LogP contribution in [0.25, 0.3) is 33.4 Å². The van der Waals surface area contributed by atoms with Crippen molar-refractivity contribution in [3.63, 3.8) is 0 Å². The number of benzene rings is 1. The SMILES string of the molecule is CN(C)C(=O)c1cncc(-c2cnc3[nH]cc(-c4cccc(F)c4F)c3c2Cl)n1. The second kappa shape index (κ2) is 7.21. The monoisotopic (exact) mass is 413 g/mol. The van der Waals surface area contributed by atoms with Gasteiger partial charge in [-0.1, -0.05) is 23.7 Å². The Balaban J connectivity index is 1.91. The van der Waals surface area contributed by atoms with Crippen LogP contribution in [0.4, 0.5) is 8.78 Å². The molecule has 9 heteroatoms. The Morgan fingerprint density at radius 1 is 1.10 bits per heavy atom. The number of nitrogens with zero attached hydrogens (tertiary/aromatic N) is 4. The zero-order chi connectivity index (χ0) is 20.7. The highest BCUT2D eigenvalue weighted by Gasteiger charge is 2.20. The van der Waals surface area contributed by atoms with Gasteiger partial charge >= 0.3 is 0 Å². The number of pyridine rings is 1. The lowest BCUT2D eigenvalue weighted by Crippen LogP contribution is -2.23. The molecule has 4 aromatic rings. The molecule has 1 N–H and O–H groups in total. The molecule has 146 valence electrons. The molecule has 1 amide bonds. The number of hydrogen-bond acceptors (Lipinski definition) is 4. The van der Waals surface area contributed by atoms with Crippen LogP contribution in [0, 0.1) is 11.6 Å². The van der Waals surface area contributed by atoms with Gasteiger partial charge in [0.2, 0.25) is 0 Å². The first kappa shape index (κ1) is 18.9. The predicted octanol–water partition coefficient (Wildman–Crippen LogP) is 4.32. The van der Waals surface area contributed by atoms with Gasteiger partial charge in [-0.25, -0.2) is 18.7 Å². The van der Waals surface area contributed by atoms with Crippen molar-refractivity contribution < 1.29 is 13.6 Å². The van der Waals surface area contributed by atoms with E-state index >= 15 is 0 Å². The van der Waals surface area contributed by atoms with E-state index in [0.717, 1.165) is 6.07 Å². The molecule has 0 unspecified atom stereocenters. The third-order valence-corrected chi connectivity index (χ3v) is 4.81. The Morgan fingerprint density at radius 2 is 1.90 bits per heavy atom. The fourth-order valence-corrected chi connectivity index (χ4v) is 3.32. The van der Waals surface area contributed by atoms with Gasteiger partial charge in [0.15, 0.2) is 11.6 Å². The molecule has 3 heterocycles. The first-order valence-corrected chi connectivity index (χ1v) is 8.90.